The summed E-state index contributed by atoms with van der Waals surface area (Å²) in [4.78, 5) is 31.1. The van der Waals surface area contributed by atoms with E-state index in [1.165, 1.54) is 11.1 Å². The predicted octanol–water partition coefficient (Wildman–Crippen LogP) is 6.49. The normalized spacial score (nSPS) is 20.7. The van der Waals surface area contributed by atoms with Gasteiger partial charge in [0.2, 0.25) is 5.91 Å². The van der Waals surface area contributed by atoms with Gasteiger partial charge < -0.3 is 15.0 Å². The number of anilines is 1. The van der Waals surface area contributed by atoms with E-state index in [-0.39, 0.29) is 18.0 Å². The number of aromatic nitrogens is 3. The van der Waals surface area contributed by atoms with Crippen LogP contribution in [0.15, 0.2) is 47.1 Å². The molecule has 2 saturated heterocycles. The van der Waals surface area contributed by atoms with Crippen molar-refractivity contribution in [3.63, 3.8) is 0 Å². The quantitative estimate of drug-likeness (QED) is 0.332. The number of ether oxygens (including phenoxy) is 1. The van der Waals surface area contributed by atoms with Crippen molar-refractivity contribution in [2.75, 3.05) is 18.4 Å². The van der Waals surface area contributed by atoms with Crippen molar-refractivity contribution in [1.82, 2.24) is 24.8 Å². The number of likely N-dealkylation sites (tertiary alicyclic amines) is 2. The van der Waals surface area contributed by atoms with Gasteiger partial charge >= 0.3 is 6.09 Å². The summed E-state index contributed by atoms with van der Waals surface area (Å²) in [5, 5.41) is 12.3. The first-order chi connectivity index (χ1) is 19.9. The first-order valence-electron chi connectivity index (χ1n) is 14.7. The smallest absolute Gasteiger partial charge is 0.411 e. The van der Waals surface area contributed by atoms with Crippen LogP contribution in [0.1, 0.15) is 80.1 Å². The van der Waals surface area contributed by atoms with Crippen LogP contribution < -0.4 is 5.32 Å². The summed E-state index contributed by atoms with van der Waals surface area (Å²) < 4.78 is 8.56. The fourth-order valence-electron chi connectivity index (χ4n) is 6.13. The van der Waals surface area contributed by atoms with Gasteiger partial charge in [-0.25, -0.2) is 9.48 Å². The number of nitrogens with zero attached hydrogens (tertiary/aromatic N) is 5. The van der Waals surface area contributed by atoms with Gasteiger partial charge in [0.05, 0.1) is 24.8 Å². The molecule has 2 aliphatic heterocycles. The number of amides is 2. The lowest BCUT2D eigenvalue weighted by molar-refractivity contribution is -0.136. The third-order valence-corrected chi connectivity index (χ3v) is 8.49. The number of para-hydroxylation sites is 1. The van der Waals surface area contributed by atoms with Gasteiger partial charge in [0.1, 0.15) is 17.3 Å². The van der Waals surface area contributed by atoms with Crippen LogP contribution in [0.3, 0.4) is 0 Å². The van der Waals surface area contributed by atoms with Gasteiger partial charge in [-0.1, -0.05) is 45.4 Å². The van der Waals surface area contributed by atoms with Gasteiger partial charge in [-0.15, -0.1) is 5.10 Å². The van der Waals surface area contributed by atoms with Crippen molar-refractivity contribution in [3.8, 4) is 0 Å². The van der Waals surface area contributed by atoms with Gasteiger partial charge in [-0.2, -0.15) is 0 Å². The molecule has 5 rings (SSSR count). The molecule has 0 aliphatic carbocycles. The molecule has 0 saturated carbocycles. The Hall–Kier alpha value is -3.40. The minimum Gasteiger partial charge on any atom is -0.444 e. The fraction of sp³-hybridized carbons (Fsp3) is 0.500. The number of rotatable bonds is 6. The largest absolute Gasteiger partial charge is 0.444 e. The molecule has 0 bridgehead atoms. The van der Waals surface area contributed by atoms with Crippen molar-refractivity contribution in [3.05, 3.63) is 75.0 Å². The highest BCUT2D eigenvalue weighted by atomic mass is 79.9. The molecule has 3 atom stereocenters. The Kier molecular flexibility index (Phi) is 8.64. The van der Waals surface area contributed by atoms with Crippen LogP contribution >= 0.6 is 15.9 Å². The number of halogens is 1. The third-order valence-electron chi connectivity index (χ3n) is 8.04. The van der Waals surface area contributed by atoms with Crippen molar-refractivity contribution >= 4 is 33.6 Å². The molecule has 42 heavy (non-hydrogen) atoms. The zero-order chi connectivity index (χ0) is 30.2. The summed E-state index contributed by atoms with van der Waals surface area (Å²) in [6.45, 7) is 13.3. The second-order valence-corrected chi connectivity index (χ2v) is 13.5. The summed E-state index contributed by atoms with van der Waals surface area (Å²) in [5.41, 5.74) is 5.81. The summed E-state index contributed by atoms with van der Waals surface area (Å²) in [6.07, 6.45) is 3.70. The number of carbonyl (C=O) groups excluding carboxylic acids is 2. The van der Waals surface area contributed by atoms with Gasteiger partial charge in [0.15, 0.2) is 0 Å². The van der Waals surface area contributed by atoms with Gasteiger partial charge in [0, 0.05) is 29.7 Å². The Morgan fingerprint density at radius 3 is 2.52 bits per heavy atom. The molecule has 3 aromatic rings. The predicted molar refractivity (Wildman–Crippen MR) is 166 cm³/mol. The summed E-state index contributed by atoms with van der Waals surface area (Å²) in [6, 6.07) is 11.7. The van der Waals surface area contributed by atoms with Crippen LogP contribution in [0.25, 0.3) is 0 Å². The van der Waals surface area contributed by atoms with E-state index in [0.29, 0.717) is 26.1 Å². The third kappa shape index (κ3) is 6.64. The molecule has 2 aromatic carbocycles. The van der Waals surface area contributed by atoms with Crippen molar-refractivity contribution in [2.24, 2.45) is 0 Å². The number of hydrogen-bond donors (Lipinski definition) is 1. The molecule has 1 N–H and O–H groups in total. The maximum Gasteiger partial charge on any atom is 0.411 e. The second kappa shape index (κ2) is 12.1. The highest BCUT2D eigenvalue weighted by molar-refractivity contribution is 9.10. The van der Waals surface area contributed by atoms with Crippen molar-refractivity contribution in [2.45, 2.75) is 91.1 Å². The van der Waals surface area contributed by atoms with E-state index in [9.17, 15) is 9.59 Å². The molecule has 9 nitrogen and oxygen atoms in total. The van der Waals surface area contributed by atoms with Gasteiger partial charge in [0.25, 0.3) is 0 Å². The van der Waals surface area contributed by atoms with Crippen LogP contribution in [0.4, 0.5) is 10.5 Å². The Morgan fingerprint density at radius 1 is 1.10 bits per heavy atom. The molecular formula is C32H41BrN6O3. The SMILES string of the molecule is Cc1cc(Br)cc(C2CCCN2C(=O)[C@H]2CC(n3cc(CNc4c(C)cccc4C)nn3)CN2C(=O)OC(C)(C)C)c1. The molecule has 2 aliphatic rings. The molecule has 0 spiro atoms. The first-order valence-corrected chi connectivity index (χ1v) is 15.5. The number of hydrogen-bond acceptors (Lipinski definition) is 6. The molecule has 0 radical (unpaired) electrons. The Morgan fingerprint density at radius 2 is 1.83 bits per heavy atom. The van der Waals surface area contributed by atoms with Gasteiger partial charge in [-0.05, 0) is 88.8 Å². The molecule has 3 heterocycles. The highest BCUT2D eigenvalue weighted by Crippen LogP contribution is 2.37. The second-order valence-electron chi connectivity index (χ2n) is 12.6. The van der Waals surface area contributed by atoms with E-state index in [1.54, 1.807) is 9.58 Å². The number of aryl methyl sites for hydroxylation is 3. The van der Waals surface area contributed by atoms with E-state index in [0.717, 1.165) is 39.8 Å². The lowest BCUT2D eigenvalue weighted by Gasteiger charge is -2.32. The van der Waals surface area contributed by atoms with E-state index >= 15 is 0 Å². The zero-order valence-electron chi connectivity index (χ0n) is 25.4. The van der Waals surface area contributed by atoms with E-state index in [4.69, 9.17) is 4.74 Å². The molecule has 224 valence electrons. The van der Waals surface area contributed by atoms with Crippen LogP contribution in [0, 0.1) is 20.8 Å². The molecule has 10 heteroatoms. The standard InChI is InChI=1S/C32H41BrN6O3/c1-20-13-23(15-24(33)14-20)27-11-8-12-37(27)30(40)28-16-26(19-38(28)31(41)42-32(4,5)6)39-18-25(35-36-39)17-34-29-21(2)9-7-10-22(29)3/h7,9-10,13-15,18,26-28,34H,8,11-12,16-17,19H2,1-6H3/t26?,27?,28-/m1/s1. The summed E-state index contributed by atoms with van der Waals surface area (Å²) in [7, 11) is 0. The first kappa shape index (κ1) is 30.1. The minimum atomic E-state index is -0.674. The molecule has 2 amide bonds. The average molecular weight is 638 g/mol. The maximum atomic E-state index is 14.2. The number of carbonyl (C=O) groups is 2. The highest BCUT2D eigenvalue weighted by Gasteiger charge is 2.46. The van der Waals surface area contributed by atoms with Crippen LogP contribution in [-0.4, -0.2) is 61.5 Å². The molecule has 2 fully saturated rings. The van der Waals surface area contributed by atoms with Crippen LogP contribution in [-0.2, 0) is 16.1 Å². The summed E-state index contributed by atoms with van der Waals surface area (Å²) in [5.74, 6) is -0.0412. The monoisotopic (exact) mass is 636 g/mol. The Balaban J connectivity index is 1.36. The fourth-order valence-corrected chi connectivity index (χ4v) is 6.76. The maximum absolute atomic E-state index is 14.2. The number of nitrogens with one attached hydrogen (secondary N) is 1. The lowest BCUT2D eigenvalue weighted by Crippen LogP contribution is -2.48. The lowest BCUT2D eigenvalue weighted by atomic mass is 10.0. The molecular weight excluding hydrogens is 596 g/mol. The molecule has 1 aromatic heterocycles. The van der Waals surface area contributed by atoms with Crippen molar-refractivity contribution < 1.29 is 14.3 Å². The van der Waals surface area contributed by atoms with E-state index < -0.39 is 17.7 Å². The van der Waals surface area contributed by atoms with Crippen LogP contribution in [0.5, 0.6) is 0 Å². The van der Waals surface area contributed by atoms with Crippen LogP contribution in [0.2, 0.25) is 0 Å². The zero-order valence-corrected chi connectivity index (χ0v) is 26.9. The minimum absolute atomic E-state index is 0.0258. The Bertz CT molecular complexity index is 1420. The van der Waals surface area contributed by atoms with Gasteiger partial charge in [-0.3, -0.25) is 9.69 Å². The molecule has 2 unspecified atom stereocenters. The number of benzene rings is 2. The average Bonchev–Trinajstić information content (AvgIpc) is 3.66. The van der Waals surface area contributed by atoms with Crippen molar-refractivity contribution in [1.29, 1.82) is 0 Å². The summed E-state index contributed by atoms with van der Waals surface area (Å²) >= 11 is 3.61. The van der Waals surface area contributed by atoms with E-state index in [2.05, 4.69) is 82.7 Å². The topological polar surface area (TPSA) is 92.6 Å². The Labute approximate surface area is 256 Å². The van der Waals surface area contributed by atoms with E-state index in [1.807, 2.05) is 37.9 Å².